The zero-order valence-electron chi connectivity index (χ0n) is 15.8. The number of nitro benzene ring substituents is 1. The van der Waals surface area contributed by atoms with Crippen molar-refractivity contribution in [2.24, 2.45) is 0 Å². The topological polar surface area (TPSA) is 99.3 Å². The van der Waals surface area contributed by atoms with Crippen LogP contribution in [0.3, 0.4) is 0 Å². The number of rotatable bonds is 6. The lowest BCUT2D eigenvalue weighted by Crippen LogP contribution is -2.11. The first-order valence-corrected chi connectivity index (χ1v) is 8.74. The van der Waals surface area contributed by atoms with E-state index in [1.165, 1.54) is 18.3 Å². The van der Waals surface area contributed by atoms with E-state index < -0.39 is 10.8 Å². The molecule has 1 heterocycles. The maximum atomic E-state index is 12.4. The third-order valence-corrected chi connectivity index (χ3v) is 4.15. The Hall–Kier alpha value is -3.68. The second kappa shape index (κ2) is 7.91. The fourth-order valence-corrected chi connectivity index (χ4v) is 2.62. The maximum Gasteiger partial charge on any atom is 0.275 e. The van der Waals surface area contributed by atoms with Gasteiger partial charge in [0.15, 0.2) is 0 Å². The molecule has 0 aliphatic rings. The SMILES string of the molecule is CCn1cc(C(=O)Nc2cc(Oc3cc(C)ccc3C)cc([N+](=O)[O-])c2)cn1. The molecule has 0 saturated carbocycles. The average molecular weight is 380 g/mol. The molecule has 8 nitrogen and oxygen atoms in total. The van der Waals surface area contributed by atoms with Crippen molar-refractivity contribution in [2.45, 2.75) is 27.3 Å². The van der Waals surface area contributed by atoms with E-state index in [0.29, 0.717) is 17.9 Å². The van der Waals surface area contributed by atoms with Gasteiger partial charge in [-0.3, -0.25) is 19.6 Å². The van der Waals surface area contributed by atoms with Crippen LogP contribution in [0, 0.1) is 24.0 Å². The minimum atomic E-state index is -0.527. The number of carbonyl (C=O) groups is 1. The van der Waals surface area contributed by atoms with Crippen LogP contribution in [0.1, 0.15) is 28.4 Å². The standard InChI is InChI=1S/C20H20N4O4/c1-4-23-12-15(11-21-23)20(25)22-16-8-17(24(26)27)10-18(9-16)28-19-7-13(2)5-6-14(19)3/h5-12H,4H2,1-3H3,(H,22,25). The van der Waals surface area contributed by atoms with Gasteiger partial charge in [-0.2, -0.15) is 5.10 Å². The number of anilines is 1. The Balaban J connectivity index is 1.89. The van der Waals surface area contributed by atoms with Crippen molar-refractivity contribution in [3.8, 4) is 11.5 Å². The molecule has 8 heteroatoms. The monoisotopic (exact) mass is 380 g/mol. The summed E-state index contributed by atoms with van der Waals surface area (Å²) in [6, 6.07) is 9.89. The summed E-state index contributed by atoms with van der Waals surface area (Å²) >= 11 is 0. The highest BCUT2D eigenvalue weighted by Gasteiger charge is 2.15. The molecule has 1 N–H and O–H groups in total. The number of ether oxygens (including phenoxy) is 1. The van der Waals surface area contributed by atoms with Crippen LogP contribution in [-0.2, 0) is 6.54 Å². The van der Waals surface area contributed by atoms with Crippen molar-refractivity contribution < 1.29 is 14.5 Å². The molecule has 144 valence electrons. The van der Waals surface area contributed by atoms with Gasteiger partial charge in [-0.15, -0.1) is 0 Å². The third kappa shape index (κ3) is 4.35. The fraction of sp³-hybridized carbons (Fsp3) is 0.200. The first-order valence-electron chi connectivity index (χ1n) is 8.74. The fourth-order valence-electron chi connectivity index (χ4n) is 2.62. The van der Waals surface area contributed by atoms with E-state index in [4.69, 9.17) is 4.74 Å². The number of non-ortho nitro benzene ring substituents is 1. The molecule has 3 rings (SSSR count). The van der Waals surface area contributed by atoms with Gasteiger partial charge in [0.2, 0.25) is 0 Å². The maximum absolute atomic E-state index is 12.4. The van der Waals surface area contributed by atoms with Gasteiger partial charge < -0.3 is 10.1 Å². The number of nitrogens with one attached hydrogen (secondary N) is 1. The van der Waals surface area contributed by atoms with Gasteiger partial charge in [-0.1, -0.05) is 12.1 Å². The molecular formula is C20H20N4O4. The molecule has 0 atom stereocenters. The van der Waals surface area contributed by atoms with Crippen LogP contribution in [0.2, 0.25) is 0 Å². The molecule has 1 aromatic heterocycles. The Labute approximate surface area is 161 Å². The molecule has 1 amide bonds. The van der Waals surface area contributed by atoms with Crippen LogP contribution in [0.25, 0.3) is 0 Å². The number of aromatic nitrogens is 2. The predicted octanol–water partition coefficient (Wildman–Crippen LogP) is 4.47. The van der Waals surface area contributed by atoms with Crippen LogP contribution < -0.4 is 10.1 Å². The number of amides is 1. The Morgan fingerprint density at radius 1 is 1.25 bits per heavy atom. The van der Waals surface area contributed by atoms with E-state index in [2.05, 4.69) is 10.4 Å². The molecule has 0 spiro atoms. The Kier molecular flexibility index (Phi) is 5.39. The predicted molar refractivity (Wildman–Crippen MR) is 105 cm³/mol. The van der Waals surface area contributed by atoms with Crippen molar-refractivity contribution in [3.63, 3.8) is 0 Å². The molecule has 0 saturated heterocycles. The summed E-state index contributed by atoms with van der Waals surface area (Å²) in [7, 11) is 0. The molecule has 0 fully saturated rings. The summed E-state index contributed by atoms with van der Waals surface area (Å²) in [4.78, 5) is 23.2. The number of aryl methyl sites for hydroxylation is 3. The van der Waals surface area contributed by atoms with Crippen molar-refractivity contribution in [1.82, 2.24) is 9.78 Å². The number of nitrogens with zero attached hydrogens (tertiary/aromatic N) is 3. The largest absolute Gasteiger partial charge is 0.457 e. The highest BCUT2D eigenvalue weighted by molar-refractivity contribution is 6.04. The van der Waals surface area contributed by atoms with Gasteiger partial charge >= 0.3 is 0 Å². The van der Waals surface area contributed by atoms with Crippen molar-refractivity contribution in [3.05, 3.63) is 75.6 Å². The van der Waals surface area contributed by atoms with Gasteiger partial charge in [-0.25, -0.2) is 0 Å². The molecular weight excluding hydrogens is 360 g/mol. The molecule has 3 aromatic rings. The van der Waals surface area contributed by atoms with Gasteiger partial charge in [0, 0.05) is 24.9 Å². The Morgan fingerprint density at radius 2 is 2.04 bits per heavy atom. The normalized spacial score (nSPS) is 10.5. The zero-order valence-corrected chi connectivity index (χ0v) is 15.8. The molecule has 28 heavy (non-hydrogen) atoms. The minimum absolute atomic E-state index is 0.178. The average Bonchev–Trinajstić information content (AvgIpc) is 3.14. The second-order valence-electron chi connectivity index (χ2n) is 6.38. The highest BCUT2D eigenvalue weighted by atomic mass is 16.6. The van der Waals surface area contributed by atoms with Gasteiger partial charge in [-0.05, 0) is 38.0 Å². The van der Waals surface area contributed by atoms with E-state index >= 15 is 0 Å². The van der Waals surface area contributed by atoms with E-state index in [-0.39, 0.29) is 17.1 Å². The molecule has 0 unspecified atom stereocenters. The lowest BCUT2D eigenvalue weighted by atomic mass is 10.1. The molecule has 0 bridgehead atoms. The highest BCUT2D eigenvalue weighted by Crippen LogP contribution is 2.31. The van der Waals surface area contributed by atoms with Gasteiger partial charge in [0.05, 0.1) is 28.4 Å². The first kappa shape index (κ1) is 19.1. The van der Waals surface area contributed by atoms with Gasteiger partial charge in [0.25, 0.3) is 11.6 Å². The smallest absolute Gasteiger partial charge is 0.275 e. The summed E-state index contributed by atoms with van der Waals surface area (Å²) in [6.45, 7) is 6.37. The first-order chi connectivity index (χ1) is 13.4. The van der Waals surface area contributed by atoms with Gasteiger partial charge in [0.1, 0.15) is 11.5 Å². The van der Waals surface area contributed by atoms with Crippen LogP contribution in [0.5, 0.6) is 11.5 Å². The summed E-state index contributed by atoms with van der Waals surface area (Å²) in [5.41, 5.74) is 2.36. The number of benzene rings is 2. The van der Waals surface area contributed by atoms with Crippen LogP contribution in [0.15, 0.2) is 48.8 Å². The molecule has 0 radical (unpaired) electrons. The van der Waals surface area contributed by atoms with Crippen LogP contribution >= 0.6 is 0 Å². The van der Waals surface area contributed by atoms with Crippen LogP contribution in [0.4, 0.5) is 11.4 Å². The zero-order chi connectivity index (χ0) is 20.3. The molecule has 2 aromatic carbocycles. The number of nitro groups is 1. The Morgan fingerprint density at radius 3 is 2.71 bits per heavy atom. The van der Waals surface area contributed by atoms with Crippen LogP contribution in [-0.4, -0.2) is 20.6 Å². The lowest BCUT2D eigenvalue weighted by Gasteiger charge is -2.11. The number of hydrogen-bond donors (Lipinski definition) is 1. The van der Waals surface area contributed by atoms with Crippen molar-refractivity contribution in [2.75, 3.05) is 5.32 Å². The Bertz CT molecular complexity index is 1040. The third-order valence-electron chi connectivity index (χ3n) is 4.15. The lowest BCUT2D eigenvalue weighted by molar-refractivity contribution is -0.384. The summed E-state index contributed by atoms with van der Waals surface area (Å²) in [5.74, 6) is 0.460. The summed E-state index contributed by atoms with van der Waals surface area (Å²) in [5, 5.41) is 18.0. The van der Waals surface area contributed by atoms with Crippen molar-refractivity contribution in [1.29, 1.82) is 0 Å². The van der Waals surface area contributed by atoms with E-state index in [1.807, 2.05) is 39.0 Å². The number of hydrogen-bond acceptors (Lipinski definition) is 5. The van der Waals surface area contributed by atoms with Crippen molar-refractivity contribution >= 4 is 17.3 Å². The number of carbonyl (C=O) groups excluding carboxylic acids is 1. The second-order valence-corrected chi connectivity index (χ2v) is 6.38. The summed E-state index contributed by atoms with van der Waals surface area (Å²) in [6.07, 6.45) is 3.06. The van der Waals surface area contributed by atoms with E-state index in [0.717, 1.165) is 11.1 Å². The molecule has 0 aliphatic heterocycles. The summed E-state index contributed by atoms with van der Waals surface area (Å²) < 4.78 is 7.48. The van der Waals surface area contributed by atoms with E-state index in [9.17, 15) is 14.9 Å². The minimum Gasteiger partial charge on any atom is -0.457 e. The van der Waals surface area contributed by atoms with E-state index in [1.54, 1.807) is 16.9 Å². The molecule has 0 aliphatic carbocycles. The quantitative estimate of drug-likeness (QED) is 0.502.